The number of amides is 2. The van der Waals surface area contributed by atoms with Crippen LogP contribution in [0, 0.1) is 13.8 Å². The molecule has 0 aliphatic heterocycles. The zero-order chi connectivity index (χ0) is 30.1. The molecule has 1 atom stereocenters. The number of nitrogens with one attached hydrogen (secondary N) is 1. The zero-order valence-corrected chi connectivity index (χ0v) is 25.8. The monoisotopic (exact) mass is 589 g/mol. The second kappa shape index (κ2) is 14.5. The summed E-state index contributed by atoms with van der Waals surface area (Å²) in [6.07, 6.45) is 6.13. The average molecular weight is 590 g/mol. The first-order chi connectivity index (χ1) is 20.1. The summed E-state index contributed by atoms with van der Waals surface area (Å²) in [4.78, 5) is 29.6. The van der Waals surface area contributed by atoms with E-state index in [1.54, 1.807) is 11.0 Å². The Bertz CT molecular complexity index is 1450. The van der Waals surface area contributed by atoms with E-state index in [4.69, 9.17) is 0 Å². The van der Waals surface area contributed by atoms with Crippen molar-refractivity contribution < 1.29 is 18.0 Å². The van der Waals surface area contributed by atoms with Crippen LogP contribution in [-0.4, -0.2) is 50.0 Å². The Kier molecular flexibility index (Phi) is 10.8. The quantitative estimate of drug-likeness (QED) is 0.283. The Morgan fingerprint density at radius 1 is 0.881 bits per heavy atom. The van der Waals surface area contributed by atoms with Gasteiger partial charge in [-0.25, -0.2) is 8.42 Å². The van der Waals surface area contributed by atoms with Gasteiger partial charge >= 0.3 is 0 Å². The molecule has 4 rings (SSSR count). The minimum absolute atomic E-state index is 0.117. The number of anilines is 1. The van der Waals surface area contributed by atoms with Crippen LogP contribution in [0.2, 0.25) is 0 Å². The Balaban J connectivity index is 1.60. The maximum Gasteiger partial charge on any atom is 0.243 e. The Morgan fingerprint density at radius 3 is 2.14 bits per heavy atom. The van der Waals surface area contributed by atoms with Crippen molar-refractivity contribution in [3.63, 3.8) is 0 Å². The summed E-state index contributed by atoms with van der Waals surface area (Å²) in [5.74, 6) is -0.302. The Hall–Kier alpha value is -3.65. The molecular weight excluding hydrogens is 546 g/mol. The minimum Gasteiger partial charge on any atom is -0.352 e. The number of nitrogens with zero attached hydrogens (tertiary/aromatic N) is 2. The SMILES string of the molecule is Cc1ccccc1CN(C(=O)CCCN(c1ccccc1C)S(C)(=O)=O)[C@H](Cc1ccccc1)C(=O)NC1CCCC1. The summed E-state index contributed by atoms with van der Waals surface area (Å²) in [6, 6.07) is 24.5. The molecule has 1 aliphatic rings. The van der Waals surface area contributed by atoms with Gasteiger partial charge in [0, 0.05) is 32.0 Å². The molecule has 2 amide bonds. The first-order valence-corrected chi connectivity index (χ1v) is 16.7. The van der Waals surface area contributed by atoms with E-state index in [2.05, 4.69) is 5.32 Å². The summed E-state index contributed by atoms with van der Waals surface area (Å²) < 4.78 is 26.8. The summed E-state index contributed by atoms with van der Waals surface area (Å²) >= 11 is 0. The van der Waals surface area contributed by atoms with E-state index in [1.807, 2.05) is 86.6 Å². The van der Waals surface area contributed by atoms with Crippen LogP contribution in [0.25, 0.3) is 0 Å². The van der Waals surface area contributed by atoms with Gasteiger partial charge in [0.25, 0.3) is 0 Å². The van der Waals surface area contributed by atoms with Crippen molar-refractivity contribution in [2.75, 3.05) is 17.1 Å². The second-order valence-corrected chi connectivity index (χ2v) is 13.3. The molecule has 3 aromatic rings. The number of rotatable bonds is 13. The van der Waals surface area contributed by atoms with Crippen LogP contribution in [0.15, 0.2) is 78.9 Å². The summed E-state index contributed by atoms with van der Waals surface area (Å²) in [7, 11) is -3.55. The Morgan fingerprint density at radius 2 is 1.50 bits per heavy atom. The Labute approximate surface area is 251 Å². The molecule has 1 fully saturated rings. The lowest BCUT2D eigenvalue weighted by Gasteiger charge is -2.33. The van der Waals surface area contributed by atoms with E-state index >= 15 is 0 Å². The molecule has 0 aromatic heterocycles. The van der Waals surface area contributed by atoms with Gasteiger partial charge in [-0.15, -0.1) is 0 Å². The topological polar surface area (TPSA) is 86.8 Å². The number of benzene rings is 3. The maximum absolute atomic E-state index is 14.0. The van der Waals surface area contributed by atoms with Gasteiger partial charge in [0.15, 0.2) is 0 Å². The van der Waals surface area contributed by atoms with Crippen molar-refractivity contribution in [1.29, 1.82) is 0 Å². The summed E-state index contributed by atoms with van der Waals surface area (Å²) in [5, 5.41) is 3.24. The lowest BCUT2D eigenvalue weighted by Crippen LogP contribution is -2.52. The molecule has 1 aliphatic carbocycles. The van der Waals surface area contributed by atoms with Gasteiger partial charge in [-0.05, 0) is 61.4 Å². The molecule has 42 heavy (non-hydrogen) atoms. The van der Waals surface area contributed by atoms with Crippen molar-refractivity contribution >= 4 is 27.5 Å². The van der Waals surface area contributed by atoms with Crippen LogP contribution in [0.4, 0.5) is 5.69 Å². The molecule has 224 valence electrons. The van der Waals surface area contributed by atoms with Crippen LogP contribution < -0.4 is 9.62 Å². The molecule has 7 nitrogen and oxygen atoms in total. The lowest BCUT2D eigenvalue weighted by molar-refractivity contribution is -0.141. The van der Waals surface area contributed by atoms with Gasteiger partial charge in [0.1, 0.15) is 6.04 Å². The normalized spacial score (nSPS) is 14.4. The van der Waals surface area contributed by atoms with Crippen molar-refractivity contribution in [3.8, 4) is 0 Å². The number of aryl methyl sites for hydroxylation is 2. The fourth-order valence-corrected chi connectivity index (χ4v) is 6.74. The number of sulfonamides is 1. The van der Waals surface area contributed by atoms with Crippen LogP contribution in [0.3, 0.4) is 0 Å². The van der Waals surface area contributed by atoms with Gasteiger partial charge in [0.05, 0.1) is 11.9 Å². The molecule has 3 aromatic carbocycles. The van der Waals surface area contributed by atoms with Gasteiger partial charge in [-0.2, -0.15) is 0 Å². The summed E-state index contributed by atoms with van der Waals surface area (Å²) in [6.45, 7) is 4.36. The van der Waals surface area contributed by atoms with Crippen molar-refractivity contribution in [1.82, 2.24) is 10.2 Å². The van der Waals surface area contributed by atoms with E-state index < -0.39 is 16.1 Å². The van der Waals surface area contributed by atoms with Crippen molar-refractivity contribution in [2.24, 2.45) is 0 Å². The number of hydrogen-bond acceptors (Lipinski definition) is 4. The molecule has 0 bridgehead atoms. The highest BCUT2D eigenvalue weighted by atomic mass is 32.2. The average Bonchev–Trinajstić information content (AvgIpc) is 3.47. The molecule has 0 radical (unpaired) electrons. The number of hydrogen-bond donors (Lipinski definition) is 1. The fraction of sp³-hybridized carbons (Fsp3) is 0.412. The van der Waals surface area contributed by atoms with Gasteiger partial charge in [0.2, 0.25) is 21.8 Å². The number of para-hydroxylation sites is 1. The third-order valence-electron chi connectivity index (χ3n) is 8.11. The molecule has 8 heteroatoms. The molecule has 0 unspecified atom stereocenters. The highest BCUT2D eigenvalue weighted by molar-refractivity contribution is 7.92. The number of carbonyl (C=O) groups is 2. The summed E-state index contributed by atoms with van der Waals surface area (Å²) in [5.41, 5.74) is 4.47. The highest BCUT2D eigenvalue weighted by Crippen LogP contribution is 2.24. The van der Waals surface area contributed by atoms with E-state index in [-0.39, 0.29) is 30.8 Å². The third-order valence-corrected chi connectivity index (χ3v) is 9.29. The zero-order valence-electron chi connectivity index (χ0n) is 25.0. The van der Waals surface area contributed by atoms with Crippen molar-refractivity contribution in [2.45, 2.75) is 77.4 Å². The van der Waals surface area contributed by atoms with E-state index in [1.165, 1.54) is 10.6 Å². The van der Waals surface area contributed by atoms with Crippen LogP contribution in [-0.2, 0) is 32.6 Å². The fourth-order valence-electron chi connectivity index (χ4n) is 5.72. The highest BCUT2D eigenvalue weighted by Gasteiger charge is 2.32. The largest absolute Gasteiger partial charge is 0.352 e. The molecule has 0 spiro atoms. The standard InChI is InChI=1S/C34H43N3O4S/c1-26-14-7-9-18-29(26)25-36(32(24-28-16-5-4-6-17-28)34(39)35-30-19-10-11-20-30)33(38)22-13-23-37(42(3,40)41)31-21-12-8-15-27(31)2/h4-9,12,14-18,21,30,32H,10-11,13,19-20,22-25H2,1-3H3,(H,35,39)/t32-/m1/s1. The predicted octanol–water partition coefficient (Wildman–Crippen LogP) is 5.55. The van der Waals surface area contributed by atoms with E-state index in [9.17, 15) is 18.0 Å². The first kappa shape index (κ1) is 31.3. The van der Waals surface area contributed by atoms with E-state index in [0.717, 1.165) is 47.9 Å². The minimum atomic E-state index is -3.55. The van der Waals surface area contributed by atoms with Crippen LogP contribution in [0.5, 0.6) is 0 Å². The first-order valence-electron chi connectivity index (χ1n) is 14.8. The molecule has 0 heterocycles. The predicted molar refractivity (Wildman–Crippen MR) is 169 cm³/mol. The van der Waals surface area contributed by atoms with Crippen molar-refractivity contribution in [3.05, 3.63) is 101 Å². The molecule has 1 saturated carbocycles. The maximum atomic E-state index is 14.0. The van der Waals surface area contributed by atoms with Gasteiger partial charge in [-0.3, -0.25) is 13.9 Å². The van der Waals surface area contributed by atoms with Gasteiger partial charge in [-0.1, -0.05) is 85.6 Å². The molecular formula is C34H43N3O4S. The van der Waals surface area contributed by atoms with Gasteiger partial charge < -0.3 is 10.2 Å². The lowest BCUT2D eigenvalue weighted by atomic mass is 10.0. The molecule has 1 N–H and O–H groups in total. The second-order valence-electron chi connectivity index (χ2n) is 11.4. The van der Waals surface area contributed by atoms with Crippen LogP contribution >= 0.6 is 0 Å². The smallest absolute Gasteiger partial charge is 0.243 e. The van der Waals surface area contributed by atoms with Crippen LogP contribution in [0.1, 0.15) is 60.8 Å². The number of carbonyl (C=O) groups excluding carboxylic acids is 2. The van der Waals surface area contributed by atoms with E-state index in [0.29, 0.717) is 25.1 Å². The third kappa shape index (κ3) is 8.44. The molecule has 0 saturated heterocycles.